The number of esters is 1. The minimum atomic E-state index is -0.690. The molecule has 0 aliphatic heterocycles. The molecule has 3 rings (SSSR count). The number of nitrogens with one attached hydrogen (secondary N) is 1. The van der Waals surface area contributed by atoms with Gasteiger partial charge in [-0.3, -0.25) is 9.59 Å². The molecule has 0 saturated carbocycles. The molecule has 0 aliphatic carbocycles. The van der Waals surface area contributed by atoms with E-state index in [0.717, 1.165) is 6.07 Å². The minimum absolute atomic E-state index is 0.0482. The summed E-state index contributed by atoms with van der Waals surface area (Å²) in [6, 6.07) is 8.31. The Morgan fingerprint density at radius 2 is 2.04 bits per heavy atom. The van der Waals surface area contributed by atoms with E-state index >= 15 is 0 Å². The Labute approximate surface area is 152 Å². The lowest BCUT2D eigenvalue weighted by Crippen LogP contribution is -2.22. The number of hydrogen-bond acceptors (Lipinski definition) is 5. The second kappa shape index (κ2) is 7.45. The highest BCUT2D eigenvalue weighted by Gasteiger charge is 2.14. The zero-order valence-corrected chi connectivity index (χ0v) is 14.0. The van der Waals surface area contributed by atoms with Crippen molar-refractivity contribution in [3.8, 4) is 5.75 Å². The van der Waals surface area contributed by atoms with Crippen molar-refractivity contribution in [2.24, 2.45) is 0 Å². The number of phenolic OH excluding ortho intramolecular Hbond substituents is 1. The molecule has 134 valence electrons. The van der Waals surface area contributed by atoms with Crippen LogP contribution in [0.15, 0.2) is 47.1 Å². The smallest absolute Gasteiger partial charge is 0.310 e. The molecule has 1 heterocycles. The van der Waals surface area contributed by atoms with Gasteiger partial charge in [0.1, 0.15) is 17.1 Å². The molecule has 0 spiro atoms. The topological polar surface area (TPSA) is 88.8 Å². The molecule has 8 heteroatoms. The number of ether oxygens (including phenoxy) is 1. The van der Waals surface area contributed by atoms with Crippen LogP contribution in [-0.2, 0) is 20.7 Å². The number of carbonyl (C=O) groups excluding carboxylic acids is 2. The number of phenols is 1. The van der Waals surface area contributed by atoms with Crippen molar-refractivity contribution in [3.63, 3.8) is 0 Å². The van der Waals surface area contributed by atoms with E-state index in [1.54, 1.807) is 6.07 Å². The van der Waals surface area contributed by atoms with E-state index in [9.17, 15) is 19.1 Å². The molecule has 0 radical (unpaired) electrons. The van der Waals surface area contributed by atoms with Gasteiger partial charge < -0.3 is 19.6 Å². The summed E-state index contributed by atoms with van der Waals surface area (Å²) in [6.07, 6.45) is 1.27. The molecule has 26 heavy (non-hydrogen) atoms. The van der Waals surface area contributed by atoms with Crippen LogP contribution in [0.25, 0.3) is 11.0 Å². The van der Waals surface area contributed by atoms with E-state index in [2.05, 4.69) is 5.32 Å². The first kappa shape index (κ1) is 17.8. The number of furan rings is 1. The van der Waals surface area contributed by atoms with Crippen LogP contribution in [0.4, 0.5) is 10.1 Å². The van der Waals surface area contributed by atoms with Crippen LogP contribution in [0, 0.1) is 5.82 Å². The Bertz CT molecular complexity index is 985. The van der Waals surface area contributed by atoms with Crippen LogP contribution in [0.5, 0.6) is 5.75 Å². The van der Waals surface area contributed by atoms with E-state index in [1.165, 1.54) is 30.5 Å². The predicted molar refractivity (Wildman–Crippen MR) is 92.6 cm³/mol. The molecule has 0 unspecified atom stereocenters. The molecule has 1 aromatic heterocycles. The second-order valence-corrected chi connectivity index (χ2v) is 5.89. The van der Waals surface area contributed by atoms with Gasteiger partial charge in [0.15, 0.2) is 6.61 Å². The first-order valence-electron chi connectivity index (χ1n) is 7.52. The Morgan fingerprint density at radius 3 is 2.81 bits per heavy atom. The third-order valence-corrected chi connectivity index (χ3v) is 3.78. The van der Waals surface area contributed by atoms with Gasteiger partial charge in [-0.25, -0.2) is 4.39 Å². The molecular formula is C18H13ClFNO5. The van der Waals surface area contributed by atoms with Gasteiger partial charge in [-0.05, 0) is 30.3 Å². The summed E-state index contributed by atoms with van der Waals surface area (Å²) in [5.41, 5.74) is 0.939. The summed E-state index contributed by atoms with van der Waals surface area (Å²) in [6.45, 7) is -0.558. The average molecular weight is 378 g/mol. The zero-order chi connectivity index (χ0) is 18.7. The summed E-state index contributed by atoms with van der Waals surface area (Å²) in [4.78, 5) is 23.7. The standard InChI is InChI=1S/C18H13ClFNO5/c19-11-1-4-15(14(20)6-11)21-17(23)9-26-18(24)5-10-8-25-16-7-12(22)2-3-13(10)16/h1-4,6-8,22H,5,9H2,(H,21,23). The number of amides is 1. The molecule has 0 saturated heterocycles. The molecule has 0 fully saturated rings. The van der Waals surface area contributed by atoms with Gasteiger partial charge in [0.2, 0.25) is 0 Å². The van der Waals surface area contributed by atoms with Gasteiger partial charge >= 0.3 is 5.97 Å². The fraction of sp³-hybridized carbons (Fsp3) is 0.111. The second-order valence-electron chi connectivity index (χ2n) is 5.45. The first-order chi connectivity index (χ1) is 12.4. The van der Waals surface area contributed by atoms with Crippen molar-refractivity contribution in [3.05, 3.63) is 59.1 Å². The molecule has 1 amide bonds. The van der Waals surface area contributed by atoms with Gasteiger partial charge in [-0.1, -0.05) is 11.6 Å². The maximum absolute atomic E-state index is 13.6. The van der Waals surface area contributed by atoms with Crippen LogP contribution in [0.1, 0.15) is 5.56 Å². The van der Waals surface area contributed by atoms with Crippen molar-refractivity contribution in [1.82, 2.24) is 0 Å². The maximum atomic E-state index is 13.6. The van der Waals surface area contributed by atoms with Crippen LogP contribution >= 0.6 is 11.6 Å². The third-order valence-electron chi connectivity index (χ3n) is 3.54. The quantitative estimate of drug-likeness (QED) is 0.662. The molecule has 3 aromatic rings. The lowest BCUT2D eigenvalue weighted by atomic mass is 10.1. The lowest BCUT2D eigenvalue weighted by molar-refractivity contribution is -0.146. The molecule has 0 aliphatic rings. The fourth-order valence-corrected chi connectivity index (χ4v) is 2.50. The lowest BCUT2D eigenvalue weighted by Gasteiger charge is -2.07. The Morgan fingerprint density at radius 1 is 1.23 bits per heavy atom. The Hall–Kier alpha value is -3.06. The average Bonchev–Trinajstić information content (AvgIpc) is 2.97. The van der Waals surface area contributed by atoms with E-state index < -0.39 is 24.3 Å². The van der Waals surface area contributed by atoms with Gasteiger partial charge in [-0.15, -0.1) is 0 Å². The van der Waals surface area contributed by atoms with Crippen molar-refractivity contribution in [2.75, 3.05) is 11.9 Å². The minimum Gasteiger partial charge on any atom is -0.508 e. The number of rotatable bonds is 5. The molecule has 6 nitrogen and oxygen atoms in total. The monoisotopic (exact) mass is 377 g/mol. The van der Waals surface area contributed by atoms with Crippen LogP contribution < -0.4 is 5.32 Å². The van der Waals surface area contributed by atoms with Crippen molar-refractivity contribution < 1.29 is 28.2 Å². The SMILES string of the molecule is O=C(COC(=O)Cc1coc2cc(O)ccc12)Nc1ccc(Cl)cc1F. The molecule has 2 aromatic carbocycles. The summed E-state index contributed by atoms with van der Waals surface area (Å²) in [5.74, 6) is -1.97. The highest BCUT2D eigenvalue weighted by atomic mass is 35.5. The summed E-state index contributed by atoms with van der Waals surface area (Å²) in [7, 11) is 0. The first-order valence-corrected chi connectivity index (χ1v) is 7.90. The van der Waals surface area contributed by atoms with Crippen molar-refractivity contribution in [1.29, 1.82) is 0 Å². The largest absolute Gasteiger partial charge is 0.508 e. The highest BCUT2D eigenvalue weighted by molar-refractivity contribution is 6.30. The van der Waals surface area contributed by atoms with Gasteiger partial charge in [0, 0.05) is 22.0 Å². The highest BCUT2D eigenvalue weighted by Crippen LogP contribution is 2.25. The van der Waals surface area contributed by atoms with Gasteiger partial charge in [0.25, 0.3) is 5.91 Å². The number of fused-ring (bicyclic) bond motifs is 1. The van der Waals surface area contributed by atoms with Crippen LogP contribution in [0.3, 0.4) is 0 Å². The number of halogens is 2. The Balaban J connectivity index is 1.55. The summed E-state index contributed by atoms with van der Waals surface area (Å²) in [5, 5.41) is 12.5. The molecule has 0 bridgehead atoms. The van der Waals surface area contributed by atoms with Crippen LogP contribution in [0.2, 0.25) is 5.02 Å². The van der Waals surface area contributed by atoms with Crippen molar-refractivity contribution >= 4 is 40.1 Å². The maximum Gasteiger partial charge on any atom is 0.310 e. The van der Waals surface area contributed by atoms with Gasteiger partial charge in [-0.2, -0.15) is 0 Å². The van der Waals surface area contributed by atoms with E-state index in [4.69, 9.17) is 20.8 Å². The summed E-state index contributed by atoms with van der Waals surface area (Å²) < 4.78 is 23.8. The number of carbonyl (C=O) groups is 2. The number of benzene rings is 2. The molecule has 0 atom stereocenters. The molecule has 2 N–H and O–H groups in total. The summed E-state index contributed by atoms with van der Waals surface area (Å²) >= 11 is 5.63. The van der Waals surface area contributed by atoms with Gasteiger partial charge in [0.05, 0.1) is 18.4 Å². The van der Waals surface area contributed by atoms with E-state index in [0.29, 0.717) is 16.5 Å². The predicted octanol–water partition coefficient (Wildman–Crippen LogP) is 3.66. The van der Waals surface area contributed by atoms with E-state index in [1.807, 2.05) is 0 Å². The fourth-order valence-electron chi connectivity index (χ4n) is 2.34. The molecular weight excluding hydrogens is 365 g/mol. The number of hydrogen-bond donors (Lipinski definition) is 2. The van der Waals surface area contributed by atoms with Crippen LogP contribution in [-0.4, -0.2) is 23.6 Å². The number of anilines is 1. The number of aromatic hydroxyl groups is 1. The third kappa shape index (κ3) is 4.12. The zero-order valence-electron chi connectivity index (χ0n) is 13.3. The Kier molecular flexibility index (Phi) is 5.09. The van der Waals surface area contributed by atoms with E-state index in [-0.39, 0.29) is 22.9 Å². The van der Waals surface area contributed by atoms with Crippen molar-refractivity contribution in [2.45, 2.75) is 6.42 Å². The normalized spacial score (nSPS) is 10.7.